The van der Waals surface area contributed by atoms with Crippen molar-refractivity contribution in [2.75, 3.05) is 26.3 Å². The maximum Gasteiger partial charge on any atom is 0.326 e. The van der Waals surface area contributed by atoms with Gasteiger partial charge in [0.05, 0.1) is 36.9 Å². The molecule has 0 aromatic rings. The number of imide groups is 2. The van der Waals surface area contributed by atoms with E-state index in [1.165, 1.54) is 0 Å². The summed E-state index contributed by atoms with van der Waals surface area (Å²) < 4.78 is 10.1. The zero-order valence-electron chi connectivity index (χ0n) is 18.7. The predicted octanol–water partition coefficient (Wildman–Crippen LogP) is 0.813. The molecule has 2 aliphatic carbocycles. The molecule has 0 radical (unpaired) electrons. The molecule has 0 N–H and O–H groups in total. The Balaban J connectivity index is 1.13. The Morgan fingerprint density at radius 3 is 1.21 bits per heavy atom. The van der Waals surface area contributed by atoms with Crippen molar-refractivity contribution in [1.29, 1.82) is 0 Å². The average Bonchev–Trinajstić information content (AvgIpc) is 3.20. The lowest BCUT2D eigenvalue weighted by molar-refractivity contribution is -0.155. The van der Waals surface area contributed by atoms with E-state index in [0.717, 1.165) is 35.5 Å². The van der Waals surface area contributed by atoms with Crippen molar-refractivity contribution in [3.05, 3.63) is 0 Å². The first kappa shape index (κ1) is 23.4. The maximum atomic E-state index is 12.4. The number of likely N-dealkylation sites (tertiary alicyclic amines) is 2. The molecule has 0 aromatic heterocycles. The molecular formula is C23H30N2O8. The van der Waals surface area contributed by atoms with Crippen molar-refractivity contribution in [2.24, 2.45) is 23.7 Å². The van der Waals surface area contributed by atoms with E-state index in [-0.39, 0.29) is 66.9 Å². The van der Waals surface area contributed by atoms with Crippen LogP contribution in [0.2, 0.25) is 0 Å². The number of hydrogen-bond acceptors (Lipinski definition) is 8. The van der Waals surface area contributed by atoms with Crippen molar-refractivity contribution in [3.8, 4) is 0 Å². The molecule has 4 rings (SSSR count). The number of fused-ring (bicyclic) bond motifs is 2. The summed E-state index contributed by atoms with van der Waals surface area (Å²) in [5.74, 6) is -3.76. The molecule has 10 nitrogen and oxygen atoms in total. The summed E-state index contributed by atoms with van der Waals surface area (Å²) >= 11 is 0. The summed E-state index contributed by atoms with van der Waals surface area (Å²) in [5.41, 5.74) is 0. The number of hydrogen-bond donors (Lipinski definition) is 0. The highest BCUT2D eigenvalue weighted by atomic mass is 16.5. The minimum Gasteiger partial charge on any atom is -0.464 e. The lowest BCUT2D eigenvalue weighted by atomic mass is 9.81. The van der Waals surface area contributed by atoms with Gasteiger partial charge in [-0.1, -0.05) is 25.7 Å². The van der Waals surface area contributed by atoms with Crippen molar-refractivity contribution < 1.29 is 38.2 Å². The largest absolute Gasteiger partial charge is 0.464 e. The third kappa shape index (κ3) is 4.79. The third-order valence-corrected chi connectivity index (χ3v) is 7.25. The van der Waals surface area contributed by atoms with Gasteiger partial charge in [-0.05, 0) is 25.7 Å². The molecule has 2 saturated heterocycles. The summed E-state index contributed by atoms with van der Waals surface area (Å²) in [6.07, 6.45) is 6.61. The molecule has 4 fully saturated rings. The Hall–Kier alpha value is -2.78. The lowest BCUT2D eigenvalue weighted by Crippen LogP contribution is -2.37. The van der Waals surface area contributed by atoms with Crippen molar-refractivity contribution in [2.45, 2.75) is 57.8 Å². The molecule has 2 saturated carbocycles. The highest BCUT2D eigenvalue weighted by Crippen LogP contribution is 2.38. The topological polar surface area (TPSA) is 127 Å². The Morgan fingerprint density at radius 2 is 0.909 bits per heavy atom. The van der Waals surface area contributed by atoms with Gasteiger partial charge >= 0.3 is 11.9 Å². The van der Waals surface area contributed by atoms with Gasteiger partial charge in [0.15, 0.2) is 0 Å². The second-order valence-electron chi connectivity index (χ2n) is 9.31. The Morgan fingerprint density at radius 1 is 0.606 bits per heavy atom. The molecule has 2 heterocycles. The molecule has 4 aliphatic rings. The summed E-state index contributed by atoms with van der Waals surface area (Å²) in [6.45, 7) is -0.875. The second kappa shape index (κ2) is 10.0. The van der Waals surface area contributed by atoms with Crippen LogP contribution in [0.15, 0.2) is 0 Å². The van der Waals surface area contributed by atoms with E-state index in [2.05, 4.69) is 0 Å². The number of carbonyl (C=O) groups excluding carboxylic acids is 6. The lowest BCUT2D eigenvalue weighted by Gasteiger charge is -2.19. The van der Waals surface area contributed by atoms with Crippen LogP contribution in [-0.4, -0.2) is 71.7 Å². The number of nitrogens with zero attached hydrogens (tertiary/aromatic N) is 2. The molecule has 0 aromatic carbocycles. The zero-order valence-corrected chi connectivity index (χ0v) is 18.7. The molecule has 10 heteroatoms. The predicted molar refractivity (Wildman–Crippen MR) is 111 cm³/mol. The normalized spacial score (nSPS) is 29.2. The summed E-state index contributed by atoms with van der Waals surface area (Å²) in [7, 11) is 0. The van der Waals surface area contributed by atoms with Crippen LogP contribution in [-0.2, 0) is 38.2 Å². The maximum absolute atomic E-state index is 12.4. The van der Waals surface area contributed by atoms with Crippen LogP contribution in [0, 0.1) is 23.7 Å². The monoisotopic (exact) mass is 462 g/mol. The number of ether oxygens (including phenoxy) is 2. The van der Waals surface area contributed by atoms with E-state index >= 15 is 0 Å². The van der Waals surface area contributed by atoms with Gasteiger partial charge in [-0.2, -0.15) is 0 Å². The standard InChI is InChI=1S/C23H30N2O8/c26-18(12-24-20(28)14-6-1-2-7-15(14)21(24)29)32-10-5-11-33-19(27)13-25-22(30)16-8-3-4-9-17(16)23(25)31/h14-17H,1-13H2. The number of rotatable bonds is 8. The van der Waals surface area contributed by atoms with Gasteiger partial charge in [0.1, 0.15) is 13.1 Å². The van der Waals surface area contributed by atoms with Crippen LogP contribution in [0.4, 0.5) is 0 Å². The highest BCUT2D eigenvalue weighted by molar-refractivity contribution is 6.07. The smallest absolute Gasteiger partial charge is 0.326 e. The molecule has 180 valence electrons. The van der Waals surface area contributed by atoms with E-state index < -0.39 is 25.0 Å². The quantitative estimate of drug-likeness (QED) is 0.295. The van der Waals surface area contributed by atoms with Gasteiger partial charge in [0.2, 0.25) is 23.6 Å². The molecular weight excluding hydrogens is 432 g/mol. The first-order chi connectivity index (χ1) is 15.9. The third-order valence-electron chi connectivity index (χ3n) is 7.25. The molecule has 4 unspecified atom stereocenters. The fourth-order valence-electron chi connectivity index (χ4n) is 5.55. The van der Waals surface area contributed by atoms with Crippen LogP contribution in [0.1, 0.15) is 57.8 Å². The fraction of sp³-hybridized carbons (Fsp3) is 0.739. The number of amides is 4. The van der Waals surface area contributed by atoms with Crippen LogP contribution in [0.3, 0.4) is 0 Å². The van der Waals surface area contributed by atoms with Crippen molar-refractivity contribution >= 4 is 35.6 Å². The summed E-state index contributed by atoms with van der Waals surface area (Å²) in [4.78, 5) is 75.7. The van der Waals surface area contributed by atoms with Gasteiger partial charge in [0, 0.05) is 6.42 Å². The van der Waals surface area contributed by atoms with Gasteiger partial charge in [-0.3, -0.25) is 38.6 Å². The first-order valence-electron chi connectivity index (χ1n) is 11.9. The average molecular weight is 462 g/mol. The zero-order chi connectivity index (χ0) is 23.5. The molecule has 4 atom stereocenters. The molecule has 2 aliphatic heterocycles. The molecule has 4 amide bonds. The van der Waals surface area contributed by atoms with Gasteiger partial charge in [-0.15, -0.1) is 0 Å². The first-order valence-corrected chi connectivity index (χ1v) is 11.9. The van der Waals surface area contributed by atoms with E-state index in [4.69, 9.17) is 9.47 Å². The van der Waals surface area contributed by atoms with E-state index in [0.29, 0.717) is 25.7 Å². The van der Waals surface area contributed by atoms with Crippen LogP contribution in [0.5, 0.6) is 0 Å². The number of esters is 2. The van der Waals surface area contributed by atoms with E-state index in [1.807, 2.05) is 0 Å². The van der Waals surface area contributed by atoms with Crippen molar-refractivity contribution in [3.63, 3.8) is 0 Å². The Labute approximate surface area is 191 Å². The Kier molecular flexibility index (Phi) is 7.09. The SMILES string of the molecule is O=C(CN1C(=O)C2CCCCC2C1=O)OCCCOC(=O)CN1C(=O)C2CCCCC2C1=O. The Bertz CT molecular complexity index is 739. The van der Waals surface area contributed by atoms with Crippen molar-refractivity contribution in [1.82, 2.24) is 9.80 Å². The number of carbonyl (C=O) groups is 6. The molecule has 33 heavy (non-hydrogen) atoms. The van der Waals surface area contributed by atoms with E-state index in [1.54, 1.807) is 0 Å². The fourth-order valence-corrected chi connectivity index (χ4v) is 5.55. The summed E-state index contributed by atoms with van der Waals surface area (Å²) in [5, 5.41) is 0. The minimum absolute atomic E-state index is 0.0408. The molecule has 0 bridgehead atoms. The van der Waals surface area contributed by atoms with Gasteiger partial charge < -0.3 is 9.47 Å². The van der Waals surface area contributed by atoms with Crippen LogP contribution in [0.25, 0.3) is 0 Å². The second-order valence-corrected chi connectivity index (χ2v) is 9.31. The van der Waals surface area contributed by atoms with Crippen LogP contribution >= 0.6 is 0 Å². The van der Waals surface area contributed by atoms with Gasteiger partial charge in [-0.25, -0.2) is 0 Å². The molecule has 0 spiro atoms. The minimum atomic E-state index is -0.683. The highest BCUT2D eigenvalue weighted by Gasteiger charge is 2.49. The summed E-state index contributed by atoms with van der Waals surface area (Å²) in [6, 6.07) is 0. The van der Waals surface area contributed by atoms with E-state index in [9.17, 15) is 28.8 Å². The van der Waals surface area contributed by atoms with Gasteiger partial charge in [0.25, 0.3) is 0 Å². The van der Waals surface area contributed by atoms with Crippen LogP contribution < -0.4 is 0 Å².